The number of piperidine rings is 1. The minimum atomic E-state index is -0.806. The molecule has 114 valence electrons. The Kier molecular flexibility index (Phi) is 5.14. The topological polar surface area (TPSA) is 69.6 Å². The van der Waals surface area contributed by atoms with E-state index in [1.54, 1.807) is 0 Å². The zero-order valence-corrected chi connectivity index (χ0v) is 12.1. The average molecular weight is 315 g/mol. The monoisotopic (exact) mass is 314 g/mol. The third-order valence-corrected chi connectivity index (χ3v) is 3.84. The van der Waals surface area contributed by atoms with Gasteiger partial charge in [0, 0.05) is 25.4 Å². The van der Waals surface area contributed by atoms with Crippen LogP contribution in [-0.2, 0) is 9.59 Å². The van der Waals surface area contributed by atoms with Gasteiger partial charge in [-0.15, -0.1) is 0 Å². The molecule has 1 fully saturated rings. The number of carbonyl (C=O) groups excluding carboxylic acids is 2. The highest BCUT2D eigenvalue weighted by Crippen LogP contribution is 2.19. The highest BCUT2D eigenvalue weighted by molar-refractivity contribution is 6.39. The Bertz CT molecular complexity index is 545. The molecule has 1 aromatic rings. The van der Waals surface area contributed by atoms with Gasteiger partial charge in [0.25, 0.3) is 0 Å². The summed E-state index contributed by atoms with van der Waals surface area (Å²) in [7, 11) is 0. The van der Waals surface area contributed by atoms with Gasteiger partial charge in [0.1, 0.15) is 5.82 Å². The van der Waals surface area contributed by atoms with Crippen LogP contribution in [0.2, 0.25) is 5.02 Å². The molecule has 1 aliphatic heterocycles. The fourth-order valence-corrected chi connectivity index (χ4v) is 2.34. The first-order valence-corrected chi connectivity index (χ1v) is 7.05. The first-order valence-electron chi connectivity index (χ1n) is 6.67. The second kappa shape index (κ2) is 6.87. The van der Waals surface area contributed by atoms with Crippen molar-refractivity contribution in [2.45, 2.75) is 12.8 Å². The summed E-state index contributed by atoms with van der Waals surface area (Å²) in [4.78, 5) is 25.3. The van der Waals surface area contributed by atoms with E-state index in [9.17, 15) is 14.0 Å². The van der Waals surface area contributed by atoms with Crippen LogP contribution in [0.4, 0.5) is 10.1 Å². The van der Waals surface area contributed by atoms with Crippen molar-refractivity contribution in [2.24, 2.45) is 5.92 Å². The van der Waals surface area contributed by atoms with Crippen molar-refractivity contribution < 1.29 is 19.1 Å². The summed E-state index contributed by atoms with van der Waals surface area (Å²) in [5.74, 6) is -1.94. The molecule has 0 aromatic heterocycles. The summed E-state index contributed by atoms with van der Waals surface area (Å²) >= 11 is 5.55. The Balaban J connectivity index is 1.93. The lowest BCUT2D eigenvalue weighted by Crippen LogP contribution is -2.44. The second-order valence-electron chi connectivity index (χ2n) is 5.00. The predicted octanol–water partition coefficient (Wildman–Crippen LogP) is 1.65. The predicted molar refractivity (Wildman–Crippen MR) is 76.4 cm³/mol. The van der Waals surface area contributed by atoms with Crippen LogP contribution in [0.25, 0.3) is 0 Å². The van der Waals surface area contributed by atoms with Crippen molar-refractivity contribution in [3.05, 3.63) is 29.0 Å². The van der Waals surface area contributed by atoms with Gasteiger partial charge in [0.2, 0.25) is 0 Å². The summed E-state index contributed by atoms with van der Waals surface area (Å²) in [6.07, 6.45) is 1.34. The number of rotatable bonds is 2. The molecule has 0 aliphatic carbocycles. The Morgan fingerprint density at radius 1 is 1.38 bits per heavy atom. The molecule has 1 saturated heterocycles. The number of hydrogen-bond acceptors (Lipinski definition) is 3. The molecule has 0 spiro atoms. The molecule has 1 heterocycles. The van der Waals surface area contributed by atoms with Crippen molar-refractivity contribution in [1.82, 2.24) is 4.90 Å². The van der Waals surface area contributed by atoms with Gasteiger partial charge in [0.05, 0.1) is 5.02 Å². The number of halogens is 2. The molecule has 0 atom stereocenters. The van der Waals surface area contributed by atoms with Gasteiger partial charge >= 0.3 is 11.8 Å². The van der Waals surface area contributed by atoms with E-state index >= 15 is 0 Å². The lowest BCUT2D eigenvalue weighted by atomic mass is 9.98. The maximum atomic E-state index is 13.3. The van der Waals surface area contributed by atoms with Gasteiger partial charge in [-0.05, 0) is 37.0 Å². The highest BCUT2D eigenvalue weighted by Gasteiger charge is 2.26. The van der Waals surface area contributed by atoms with Crippen molar-refractivity contribution in [1.29, 1.82) is 0 Å². The van der Waals surface area contributed by atoms with Crippen LogP contribution in [0.3, 0.4) is 0 Å². The smallest absolute Gasteiger partial charge is 0.313 e. The van der Waals surface area contributed by atoms with Gasteiger partial charge in [-0.25, -0.2) is 4.39 Å². The Morgan fingerprint density at radius 3 is 2.62 bits per heavy atom. The average Bonchev–Trinajstić information content (AvgIpc) is 2.50. The number of likely N-dealkylation sites (tertiary alicyclic amines) is 1. The quantitative estimate of drug-likeness (QED) is 0.816. The standard InChI is InChI=1S/C14H16ClFN2O3/c15-11-2-1-10(7-12(11)16)17-13(20)14(21)18-5-3-9(8-19)4-6-18/h1-2,7,9,19H,3-6,8H2,(H,17,20). The van der Waals surface area contributed by atoms with Crippen LogP contribution in [0.15, 0.2) is 18.2 Å². The summed E-state index contributed by atoms with van der Waals surface area (Å²) in [5, 5.41) is 11.3. The largest absolute Gasteiger partial charge is 0.396 e. The first kappa shape index (κ1) is 15.7. The Labute approximate surface area is 126 Å². The molecule has 7 heteroatoms. The number of nitrogens with one attached hydrogen (secondary N) is 1. The first-order chi connectivity index (χ1) is 10.0. The number of amides is 2. The molecule has 21 heavy (non-hydrogen) atoms. The molecule has 2 N–H and O–H groups in total. The van der Waals surface area contributed by atoms with Crippen LogP contribution < -0.4 is 5.32 Å². The van der Waals surface area contributed by atoms with E-state index in [0.717, 1.165) is 6.07 Å². The molecule has 0 radical (unpaired) electrons. The molecule has 5 nitrogen and oxygen atoms in total. The summed E-state index contributed by atoms with van der Waals surface area (Å²) in [6, 6.07) is 3.80. The van der Waals surface area contributed by atoms with Crippen LogP contribution in [-0.4, -0.2) is 41.5 Å². The number of aliphatic hydroxyl groups is 1. The van der Waals surface area contributed by atoms with Gasteiger partial charge in [-0.2, -0.15) is 0 Å². The minimum absolute atomic E-state index is 0.0506. The number of aliphatic hydroxyl groups excluding tert-OH is 1. The van der Waals surface area contributed by atoms with Gasteiger partial charge in [-0.3, -0.25) is 9.59 Å². The van der Waals surface area contributed by atoms with E-state index in [1.807, 2.05) is 0 Å². The van der Waals surface area contributed by atoms with Gasteiger partial charge in [-0.1, -0.05) is 11.6 Å². The minimum Gasteiger partial charge on any atom is -0.396 e. The summed E-state index contributed by atoms with van der Waals surface area (Å²) in [6.45, 7) is 0.969. The maximum Gasteiger partial charge on any atom is 0.313 e. The summed E-state index contributed by atoms with van der Waals surface area (Å²) in [5.41, 5.74) is 0.181. The van der Waals surface area contributed by atoms with E-state index in [1.165, 1.54) is 17.0 Å². The molecule has 1 aliphatic rings. The van der Waals surface area contributed by atoms with Crippen molar-refractivity contribution >= 4 is 29.1 Å². The number of nitrogens with zero attached hydrogens (tertiary/aromatic N) is 1. The third kappa shape index (κ3) is 3.92. The fraction of sp³-hybridized carbons (Fsp3) is 0.429. The van der Waals surface area contributed by atoms with Crippen molar-refractivity contribution in [3.8, 4) is 0 Å². The van der Waals surface area contributed by atoms with Crippen molar-refractivity contribution in [2.75, 3.05) is 25.0 Å². The van der Waals surface area contributed by atoms with Crippen LogP contribution in [0.5, 0.6) is 0 Å². The van der Waals surface area contributed by atoms with E-state index in [2.05, 4.69) is 5.32 Å². The molecule has 1 aromatic carbocycles. The zero-order chi connectivity index (χ0) is 15.4. The lowest BCUT2D eigenvalue weighted by molar-refractivity contribution is -0.144. The fourth-order valence-electron chi connectivity index (χ4n) is 2.22. The Morgan fingerprint density at radius 2 is 2.05 bits per heavy atom. The SMILES string of the molecule is O=C(Nc1ccc(Cl)c(F)c1)C(=O)N1CCC(CO)CC1. The molecular weight excluding hydrogens is 299 g/mol. The number of hydrogen-bond donors (Lipinski definition) is 2. The van der Waals surface area contributed by atoms with Crippen LogP contribution in [0, 0.1) is 11.7 Å². The van der Waals surface area contributed by atoms with Crippen molar-refractivity contribution in [3.63, 3.8) is 0 Å². The van der Waals surface area contributed by atoms with Gasteiger partial charge < -0.3 is 15.3 Å². The van der Waals surface area contributed by atoms with Crippen LogP contribution in [0.1, 0.15) is 12.8 Å². The van der Waals surface area contributed by atoms with Gasteiger partial charge in [0.15, 0.2) is 0 Å². The van der Waals surface area contributed by atoms with E-state index in [4.69, 9.17) is 16.7 Å². The normalized spacial score (nSPS) is 15.9. The molecule has 0 saturated carbocycles. The lowest BCUT2D eigenvalue weighted by Gasteiger charge is -2.30. The molecule has 2 amide bonds. The molecule has 0 unspecified atom stereocenters. The molecule has 0 bridgehead atoms. The highest BCUT2D eigenvalue weighted by atomic mass is 35.5. The number of anilines is 1. The molecular formula is C14H16ClFN2O3. The zero-order valence-electron chi connectivity index (χ0n) is 11.3. The number of carbonyl (C=O) groups is 2. The third-order valence-electron chi connectivity index (χ3n) is 3.53. The van der Waals surface area contributed by atoms with Crippen LogP contribution >= 0.6 is 11.6 Å². The number of benzene rings is 1. The van der Waals surface area contributed by atoms with E-state index < -0.39 is 17.6 Å². The van der Waals surface area contributed by atoms with E-state index in [0.29, 0.717) is 25.9 Å². The second-order valence-corrected chi connectivity index (χ2v) is 5.41. The summed E-state index contributed by atoms with van der Waals surface area (Å²) < 4.78 is 13.3. The Hall–Kier alpha value is -1.66. The van der Waals surface area contributed by atoms with E-state index in [-0.39, 0.29) is 23.2 Å². The maximum absolute atomic E-state index is 13.3. The molecule has 2 rings (SSSR count).